The molecule has 2 rings (SSSR count). The van der Waals surface area contributed by atoms with E-state index >= 15 is 0 Å². The van der Waals surface area contributed by atoms with E-state index in [2.05, 4.69) is 0 Å². The summed E-state index contributed by atoms with van der Waals surface area (Å²) >= 11 is 0. The Labute approximate surface area is 81.6 Å². The number of amides is 1. The average Bonchev–Trinajstić information content (AvgIpc) is 2.23. The molecule has 2 nitrogen and oxygen atoms in total. The molecule has 1 aliphatic heterocycles. The summed E-state index contributed by atoms with van der Waals surface area (Å²) in [5.74, 6) is -0.300. The van der Waals surface area contributed by atoms with E-state index in [1.54, 1.807) is 12.1 Å². The van der Waals surface area contributed by atoms with Crippen molar-refractivity contribution in [3.8, 4) is 0 Å². The minimum absolute atomic E-state index is 0.0578. The molecule has 0 N–H and O–H groups in total. The van der Waals surface area contributed by atoms with E-state index in [9.17, 15) is 9.18 Å². The van der Waals surface area contributed by atoms with Gasteiger partial charge in [-0.1, -0.05) is 18.2 Å². The van der Waals surface area contributed by atoms with Crippen LogP contribution in [0.15, 0.2) is 42.2 Å². The monoisotopic (exact) mass is 191 g/mol. The molecular weight excluding hydrogens is 181 g/mol. The number of benzene rings is 1. The first-order chi connectivity index (χ1) is 6.77. The second kappa shape index (κ2) is 3.62. The Morgan fingerprint density at radius 1 is 1.21 bits per heavy atom. The molecule has 1 aromatic rings. The molecule has 3 heteroatoms. The third kappa shape index (κ3) is 1.66. The number of hydrogen-bond acceptors (Lipinski definition) is 1. The summed E-state index contributed by atoms with van der Waals surface area (Å²) in [6, 6.07) is 9.13. The second-order valence-electron chi connectivity index (χ2n) is 3.17. The summed E-state index contributed by atoms with van der Waals surface area (Å²) in [5.41, 5.74) is 0.751. The van der Waals surface area contributed by atoms with Gasteiger partial charge in [-0.3, -0.25) is 4.79 Å². The van der Waals surface area contributed by atoms with Crippen molar-refractivity contribution in [1.29, 1.82) is 0 Å². The molecule has 0 aliphatic carbocycles. The van der Waals surface area contributed by atoms with E-state index in [4.69, 9.17) is 0 Å². The van der Waals surface area contributed by atoms with Gasteiger partial charge < -0.3 is 4.90 Å². The van der Waals surface area contributed by atoms with Crippen molar-refractivity contribution in [3.63, 3.8) is 0 Å². The summed E-state index contributed by atoms with van der Waals surface area (Å²) in [6.07, 6.45) is 1.49. The minimum atomic E-state index is -0.242. The number of carbonyl (C=O) groups excluding carboxylic acids is 1. The Hall–Kier alpha value is -1.64. The number of nitrogens with zero attached hydrogens (tertiary/aromatic N) is 1. The van der Waals surface area contributed by atoms with Crippen molar-refractivity contribution in [2.24, 2.45) is 0 Å². The Morgan fingerprint density at radius 2 is 1.93 bits per heavy atom. The third-order valence-electron chi connectivity index (χ3n) is 2.18. The lowest BCUT2D eigenvalue weighted by molar-refractivity contribution is -0.118. The van der Waals surface area contributed by atoms with Crippen LogP contribution in [0, 0.1) is 0 Å². The van der Waals surface area contributed by atoms with Crippen LogP contribution in [0.3, 0.4) is 0 Å². The van der Waals surface area contributed by atoms with Crippen molar-refractivity contribution >= 4 is 11.6 Å². The second-order valence-corrected chi connectivity index (χ2v) is 3.17. The van der Waals surface area contributed by atoms with Crippen LogP contribution in [0.4, 0.5) is 10.1 Å². The van der Waals surface area contributed by atoms with Crippen LogP contribution >= 0.6 is 0 Å². The molecule has 1 aliphatic rings. The van der Waals surface area contributed by atoms with Crippen LogP contribution in [0.1, 0.15) is 6.42 Å². The zero-order valence-electron chi connectivity index (χ0n) is 7.61. The molecule has 0 radical (unpaired) electrons. The summed E-state index contributed by atoms with van der Waals surface area (Å²) in [5, 5.41) is 0. The highest BCUT2D eigenvalue weighted by Gasteiger charge is 2.20. The first-order valence-electron chi connectivity index (χ1n) is 4.47. The lowest BCUT2D eigenvalue weighted by Crippen LogP contribution is -2.34. The number of halogens is 1. The van der Waals surface area contributed by atoms with E-state index < -0.39 is 0 Å². The fourth-order valence-electron chi connectivity index (χ4n) is 1.46. The third-order valence-corrected chi connectivity index (χ3v) is 2.18. The molecule has 0 saturated heterocycles. The molecule has 0 spiro atoms. The molecule has 0 atom stereocenters. The number of hydrogen-bond donors (Lipinski definition) is 0. The summed E-state index contributed by atoms with van der Waals surface area (Å²) < 4.78 is 13.0. The van der Waals surface area contributed by atoms with E-state index in [1.807, 2.05) is 18.2 Å². The number of anilines is 1. The molecular formula is C11H10FNO. The molecule has 0 aromatic heterocycles. The average molecular weight is 191 g/mol. The predicted molar refractivity (Wildman–Crippen MR) is 52.6 cm³/mol. The molecule has 0 unspecified atom stereocenters. The SMILES string of the molecule is O=C1CC=C(F)CN1c1ccccc1. The van der Waals surface area contributed by atoms with Crippen molar-refractivity contribution in [2.45, 2.75) is 6.42 Å². The minimum Gasteiger partial charge on any atom is -0.305 e. The molecule has 0 bridgehead atoms. The maximum absolute atomic E-state index is 13.0. The lowest BCUT2D eigenvalue weighted by Gasteiger charge is -2.24. The van der Waals surface area contributed by atoms with Crippen molar-refractivity contribution in [3.05, 3.63) is 42.2 Å². The molecule has 0 fully saturated rings. The highest BCUT2D eigenvalue weighted by atomic mass is 19.1. The Balaban J connectivity index is 2.27. The van der Waals surface area contributed by atoms with Crippen molar-refractivity contribution in [1.82, 2.24) is 0 Å². The first kappa shape index (κ1) is 8.94. The number of carbonyl (C=O) groups is 1. The first-order valence-corrected chi connectivity index (χ1v) is 4.47. The molecule has 14 heavy (non-hydrogen) atoms. The lowest BCUT2D eigenvalue weighted by atomic mass is 10.2. The fourth-order valence-corrected chi connectivity index (χ4v) is 1.46. The fraction of sp³-hybridized carbons (Fsp3) is 0.182. The zero-order valence-corrected chi connectivity index (χ0v) is 7.61. The van der Waals surface area contributed by atoms with E-state index in [1.165, 1.54) is 11.0 Å². The molecule has 1 amide bonds. The van der Waals surface area contributed by atoms with E-state index in [0.29, 0.717) is 0 Å². The van der Waals surface area contributed by atoms with Gasteiger partial charge in [-0.15, -0.1) is 0 Å². The van der Waals surface area contributed by atoms with Crippen LogP contribution in [0.25, 0.3) is 0 Å². The largest absolute Gasteiger partial charge is 0.305 e. The van der Waals surface area contributed by atoms with Gasteiger partial charge in [0.15, 0.2) is 0 Å². The van der Waals surface area contributed by atoms with Crippen LogP contribution in [0.2, 0.25) is 0 Å². The standard InChI is InChI=1S/C11H10FNO/c12-9-6-7-11(14)13(8-9)10-4-2-1-3-5-10/h1-6H,7-8H2. The number of para-hydroxylation sites is 1. The van der Waals surface area contributed by atoms with Gasteiger partial charge in [-0.2, -0.15) is 0 Å². The van der Waals surface area contributed by atoms with Gasteiger partial charge >= 0.3 is 0 Å². The van der Waals surface area contributed by atoms with Gasteiger partial charge in [0.2, 0.25) is 5.91 Å². The highest BCUT2D eigenvalue weighted by Crippen LogP contribution is 2.20. The van der Waals surface area contributed by atoms with Gasteiger partial charge in [0.25, 0.3) is 0 Å². The highest BCUT2D eigenvalue weighted by molar-refractivity contribution is 5.95. The van der Waals surface area contributed by atoms with Gasteiger partial charge in [0, 0.05) is 12.1 Å². The smallest absolute Gasteiger partial charge is 0.231 e. The van der Waals surface area contributed by atoms with Gasteiger partial charge in [0.1, 0.15) is 5.83 Å². The Morgan fingerprint density at radius 3 is 2.64 bits per heavy atom. The van der Waals surface area contributed by atoms with Gasteiger partial charge in [-0.25, -0.2) is 4.39 Å². The predicted octanol–water partition coefficient (Wildman–Crippen LogP) is 2.28. The maximum atomic E-state index is 13.0. The van der Waals surface area contributed by atoms with Crippen molar-refractivity contribution in [2.75, 3.05) is 11.4 Å². The summed E-state index contributed by atoms with van der Waals surface area (Å²) in [6.45, 7) is 0.0584. The summed E-state index contributed by atoms with van der Waals surface area (Å²) in [7, 11) is 0. The van der Waals surface area contributed by atoms with Crippen LogP contribution in [0.5, 0.6) is 0 Å². The topological polar surface area (TPSA) is 20.3 Å². The number of rotatable bonds is 1. The van der Waals surface area contributed by atoms with E-state index in [-0.39, 0.29) is 24.7 Å². The normalized spacial score (nSPS) is 16.8. The van der Waals surface area contributed by atoms with Crippen molar-refractivity contribution < 1.29 is 9.18 Å². The molecule has 1 heterocycles. The molecule has 1 aromatic carbocycles. The van der Waals surface area contributed by atoms with Gasteiger partial charge in [-0.05, 0) is 18.2 Å². The van der Waals surface area contributed by atoms with Gasteiger partial charge in [0.05, 0.1) is 6.54 Å². The molecule has 0 saturated carbocycles. The Bertz CT molecular complexity index is 372. The zero-order chi connectivity index (χ0) is 9.97. The van der Waals surface area contributed by atoms with Crippen LogP contribution < -0.4 is 4.90 Å². The summed E-state index contributed by atoms with van der Waals surface area (Å²) in [4.78, 5) is 12.9. The Kier molecular flexibility index (Phi) is 2.31. The molecule has 72 valence electrons. The van der Waals surface area contributed by atoms with E-state index in [0.717, 1.165) is 5.69 Å². The quantitative estimate of drug-likeness (QED) is 0.666. The van der Waals surface area contributed by atoms with Crippen LogP contribution in [-0.4, -0.2) is 12.5 Å². The maximum Gasteiger partial charge on any atom is 0.231 e. The van der Waals surface area contributed by atoms with Crippen LogP contribution in [-0.2, 0) is 4.79 Å².